The molecule has 3 atom stereocenters. The van der Waals surface area contributed by atoms with Crippen LogP contribution in [0.4, 0.5) is 25.1 Å². The third-order valence-corrected chi connectivity index (χ3v) is 16.4. The molecule has 0 bridgehead atoms. The predicted octanol–water partition coefficient (Wildman–Crippen LogP) is 5.22. The number of likely N-dealkylation sites (tertiary alicyclic amines) is 1. The lowest BCUT2D eigenvalue weighted by Crippen LogP contribution is -2.58. The largest absolute Gasteiger partial charge is 0.391 e. The zero-order valence-electron chi connectivity index (χ0n) is 47.8. The Bertz CT molecular complexity index is 3070. The molecule has 0 radical (unpaired) electrons. The quantitative estimate of drug-likeness (QED) is 0.0527. The number of carbonyl (C=O) groups is 5. The fourth-order valence-electron chi connectivity index (χ4n) is 11.2. The van der Waals surface area contributed by atoms with Crippen LogP contribution in [-0.4, -0.2) is 173 Å². The number of hydrogen-bond donors (Lipinski definition) is 5. The number of aliphatic hydroxyl groups excluding tert-OH is 1. The van der Waals surface area contributed by atoms with Crippen LogP contribution >= 0.6 is 11.3 Å². The van der Waals surface area contributed by atoms with Crippen LogP contribution in [0.25, 0.3) is 21.6 Å². The molecule has 4 aliphatic heterocycles. The van der Waals surface area contributed by atoms with Crippen molar-refractivity contribution in [2.75, 3.05) is 91.0 Å². The molecule has 0 unspecified atom stereocenters. The summed E-state index contributed by atoms with van der Waals surface area (Å²) in [5.74, 6) is -1.05. The van der Waals surface area contributed by atoms with Crippen LogP contribution in [0.3, 0.4) is 0 Å². The van der Waals surface area contributed by atoms with Gasteiger partial charge in [0.25, 0.3) is 6.43 Å². The average molecular weight is 1170 g/mol. The first-order chi connectivity index (χ1) is 40.0. The minimum atomic E-state index is -2.80. The Balaban J connectivity index is 0.679. The number of ether oxygens (including phenoxy) is 4. The smallest absolute Gasteiger partial charge is 0.317 e. The standard InChI is InChI=1S/C58H76F2N12O10S/c1-36-51(83-35-64-36)38-10-8-37(9-11-38)28-63-55(76)48-26-42(73)31-71(48)56(77)52(58(2,3)4)66-50(75)34-82-24-23-81-22-21-80-20-15-62-49(74)33-69-30-40(29-65-69)43-25-39-7-6-16-70(47(39)27-44(43)53(59)60)54-45-32-68(57(78)61-5)17-12-46(45)72(67-54)41-13-18-79-19-14-41/h8-11,25,27,29-30,35,41-42,48,52-53,73H,6-7,12-24,26,28,31-34H2,1-5H3,(H,61,78)(H,62,74)(H,63,76)(H,66,75)/t42-,48+,52-/m1/s1. The first-order valence-corrected chi connectivity index (χ1v) is 29.3. The highest BCUT2D eigenvalue weighted by Gasteiger charge is 2.45. The number of alkyl halides is 2. The van der Waals surface area contributed by atoms with Gasteiger partial charge in [-0.05, 0) is 72.4 Å². The van der Waals surface area contributed by atoms with Crippen LogP contribution in [0.2, 0.25) is 0 Å². The van der Waals surface area contributed by atoms with Crippen molar-refractivity contribution < 1.29 is 56.8 Å². The molecule has 448 valence electrons. The number of urea groups is 1. The SMILES string of the molecule is CNC(=O)N1CCc2c(c(N3CCCc4cc(-c5cnn(CC(=O)NCCOCCOCCOCC(=O)N[C@H](C(=O)N6C[C@H](O)C[C@H]6C(=O)NCc6ccc(-c7scnc7C)cc6)C(C)(C)C)c5)c(C(F)F)cc43)nn2C2CCOCC2)C1. The number of nitrogens with one attached hydrogen (secondary N) is 4. The summed E-state index contributed by atoms with van der Waals surface area (Å²) in [6, 6.07) is 9.22. The number of carbonyl (C=O) groups excluding carboxylic acids is 5. The maximum absolute atomic E-state index is 15.1. The van der Waals surface area contributed by atoms with Gasteiger partial charge < -0.3 is 60.0 Å². The predicted molar refractivity (Wildman–Crippen MR) is 305 cm³/mol. The summed E-state index contributed by atoms with van der Waals surface area (Å²) < 4.78 is 56.0. The Labute approximate surface area is 485 Å². The molecular formula is C58H76F2N12O10S. The molecule has 25 heteroatoms. The number of aromatic nitrogens is 5. The molecule has 2 saturated heterocycles. The summed E-state index contributed by atoms with van der Waals surface area (Å²) in [5, 5.41) is 31.3. The maximum atomic E-state index is 15.1. The Morgan fingerprint density at radius 2 is 1.67 bits per heavy atom. The van der Waals surface area contributed by atoms with E-state index in [1.807, 2.05) is 42.2 Å². The van der Waals surface area contributed by atoms with Gasteiger partial charge in [-0.1, -0.05) is 45.0 Å². The van der Waals surface area contributed by atoms with Crippen molar-refractivity contribution in [3.63, 3.8) is 0 Å². The average Bonchev–Trinajstić information content (AvgIpc) is 3.83. The lowest BCUT2D eigenvalue weighted by atomic mass is 9.85. The van der Waals surface area contributed by atoms with Crippen LogP contribution in [0.15, 0.2) is 54.3 Å². The zero-order valence-corrected chi connectivity index (χ0v) is 48.6. The first kappa shape index (κ1) is 60.7. The molecule has 6 amide bonds. The second-order valence-corrected chi connectivity index (χ2v) is 23.2. The van der Waals surface area contributed by atoms with E-state index in [-0.39, 0.29) is 95.8 Å². The van der Waals surface area contributed by atoms with Crippen molar-refractivity contribution in [3.8, 4) is 21.6 Å². The van der Waals surface area contributed by atoms with Gasteiger partial charge in [0.2, 0.25) is 23.6 Å². The number of nitrogens with zero attached hydrogens (tertiary/aromatic N) is 8. The van der Waals surface area contributed by atoms with Crippen LogP contribution in [0, 0.1) is 12.3 Å². The Kier molecular flexibility index (Phi) is 20.2. The number of halogens is 2. The summed E-state index contributed by atoms with van der Waals surface area (Å²) >= 11 is 1.56. The van der Waals surface area contributed by atoms with Crippen LogP contribution in [0.1, 0.15) is 92.6 Å². The Morgan fingerprint density at radius 1 is 0.928 bits per heavy atom. The number of benzene rings is 2. The Morgan fingerprint density at radius 3 is 2.39 bits per heavy atom. The van der Waals surface area contributed by atoms with Gasteiger partial charge in [-0.3, -0.25) is 28.5 Å². The second-order valence-electron chi connectivity index (χ2n) is 22.4. The molecule has 0 aliphatic carbocycles. The molecule has 9 rings (SSSR count). The number of thiazole rings is 1. The van der Waals surface area contributed by atoms with Gasteiger partial charge in [0.15, 0.2) is 5.82 Å². The summed E-state index contributed by atoms with van der Waals surface area (Å²) in [6.07, 6.45) is 3.16. The van der Waals surface area contributed by atoms with Crippen molar-refractivity contribution in [2.45, 2.75) is 117 Å². The number of aliphatic hydroxyl groups is 1. The van der Waals surface area contributed by atoms with Crippen molar-refractivity contribution in [1.82, 2.24) is 55.6 Å². The second kappa shape index (κ2) is 27.7. The number of anilines is 2. The number of aryl methyl sites for hydroxylation is 2. The molecule has 0 spiro atoms. The first-order valence-electron chi connectivity index (χ1n) is 28.4. The minimum Gasteiger partial charge on any atom is -0.391 e. The molecular weight excluding hydrogens is 1090 g/mol. The number of β-amino-alcohol motifs (C(OH)–C–C–N with tert-alkyl or cyclic N) is 1. The van der Waals surface area contributed by atoms with E-state index in [1.165, 1.54) is 15.8 Å². The molecule has 22 nitrogen and oxygen atoms in total. The highest BCUT2D eigenvalue weighted by molar-refractivity contribution is 7.13. The third-order valence-electron chi connectivity index (χ3n) is 15.5. The van der Waals surface area contributed by atoms with Gasteiger partial charge in [0.05, 0.1) is 74.0 Å². The van der Waals surface area contributed by atoms with Gasteiger partial charge in [-0.25, -0.2) is 18.6 Å². The van der Waals surface area contributed by atoms with Crippen LogP contribution in [0.5, 0.6) is 0 Å². The van der Waals surface area contributed by atoms with Crippen molar-refractivity contribution in [2.24, 2.45) is 5.41 Å². The van der Waals surface area contributed by atoms with Gasteiger partial charge in [-0.2, -0.15) is 10.2 Å². The molecule has 0 saturated carbocycles. The van der Waals surface area contributed by atoms with Crippen molar-refractivity contribution in [3.05, 3.63) is 87.9 Å². The van der Waals surface area contributed by atoms with Gasteiger partial charge in [-0.15, -0.1) is 11.3 Å². The molecule has 7 heterocycles. The fraction of sp³-hybridized carbons (Fsp3) is 0.552. The minimum absolute atomic E-state index is 0.0467. The van der Waals surface area contributed by atoms with E-state index in [9.17, 15) is 29.1 Å². The third kappa shape index (κ3) is 14.9. The number of rotatable bonds is 23. The van der Waals surface area contributed by atoms with E-state index in [0.29, 0.717) is 68.3 Å². The maximum Gasteiger partial charge on any atom is 0.317 e. The van der Waals surface area contributed by atoms with Gasteiger partial charge in [0, 0.05) is 100 Å². The Hall–Kier alpha value is -6.90. The zero-order chi connectivity index (χ0) is 58.8. The number of fused-ring (bicyclic) bond motifs is 2. The summed E-state index contributed by atoms with van der Waals surface area (Å²) in [5.41, 5.74) is 8.13. The van der Waals surface area contributed by atoms with Crippen LogP contribution in [-0.2, 0) is 70.6 Å². The molecule has 5 aromatic rings. The highest BCUT2D eigenvalue weighted by Crippen LogP contribution is 2.44. The van der Waals surface area contributed by atoms with E-state index in [4.69, 9.17) is 24.0 Å². The summed E-state index contributed by atoms with van der Waals surface area (Å²) in [4.78, 5) is 76.7. The van der Waals surface area contributed by atoms with Crippen LogP contribution < -0.4 is 26.2 Å². The summed E-state index contributed by atoms with van der Waals surface area (Å²) in [6.45, 7) is 10.9. The van der Waals surface area contributed by atoms with E-state index in [1.54, 1.807) is 61.8 Å². The van der Waals surface area contributed by atoms with Gasteiger partial charge >= 0.3 is 6.03 Å². The molecule has 2 aromatic carbocycles. The van der Waals surface area contributed by atoms with Gasteiger partial charge in [0.1, 0.15) is 25.2 Å². The van der Waals surface area contributed by atoms with E-state index in [0.717, 1.165) is 57.8 Å². The number of amides is 6. The molecule has 5 N–H and O–H groups in total. The molecule has 83 heavy (non-hydrogen) atoms. The summed E-state index contributed by atoms with van der Waals surface area (Å²) in [7, 11) is 1.61. The van der Waals surface area contributed by atoms with Crippen molar-refractivity contribution >= 4 is 52.5 Å². The highest BCUT2D eigenvalue weighted by atomic mass is 32.1. The number of hydrogen-bond acceptors (Lipinski definition) is 15. The van der Waals surface area contributed by atoms with E-state index < -0.39 is 47.7 Å². The van der Waals surface area contributed by atoms with E-state index in [2.05, 4.69) is 36.0 Å². The molecule has 2 fully saturated rings. The van der Waals surface area contributed by atoms with E-state index >= 15 is 8.78 Å². The lowest BCUT2D eigenvalue weighted by Gasteiger charge is -2.35. The molecule has 4 aliphatic rings. The fourth-order valence-corrected chi connectivity index (χ4v) is 12.0. The lowest BCUT2D eigenvalue weighted by molar-refractivity contribution is -0.144. The monoisotopic (exact) mass is 1170 g/mol. The van der Waals surface area contributed by atoms with Crippen molar-refractivity contribution in [1.29, 1.82) is 0 Å². The topological polar surface area (TPSA) is 249 Å². The normalized spacial score (nSPS) is 17.8. The molecule has 3 aromatic heterocycles.